The van der Waals surface area contributed by atoms with Gasteiger partial charge in [-0.15, -0.1) is 0 Å². The van der Waals surface area contributed by atoms with E-state index < -0.39 is 9.84 Å². The van der Waals surface area contributed by atoms with Crippen LogP contribution in [0.2, 0.25) is 0 Å². The number of nitrogens with one attached hydrogen (secondary N) is 2. The summed E-state index contributed by atoms with van der Waals surface area (Å²) in [6.45, 7) is 2.46. The van der Waals surface area contributed by atoms with E-state index in [2.05, 4.69) is 21.3 Å². The van der Waals surface area contributed by atoms with E-state index in [0.29, 0.717) is 37.4 Å². The molecule has 0 saturated carbocycles. The first kappa shape index (κ1) is 35.3. The highest BCUT2D eigenvalue weighted by Crippen LogP contribution is 2.35. The maximum absolute atomic E-state index is 13.9. The van der Waals surface area contributed by atoms with Crippen molar-refractivity contribution in [2.75, 3.05) is 50.6 Å². The van der Waals surface area contributed by atoms with Crippen LogP contribution in [0.4, 0.5) is 5.69 Å². The maximum Gasteiger partial charge on any atom is 0.255 e. The number of anilines is 1. The van der Waals surface area contributed by atoms with E-state index in [1.807, 2.05) is 127 Å². The Kier molecular flexibility index (Phi) is 10.4. The lowest BCUT2D eigenvalue weighted by Gasteiger charge is -2.31. The lowest BCUT2D eigenvalue weighted by atomic mass is 10.0. The molecule has 2 amide bonds. The number of imidazole rings is 1. The van der Waals surface area contributed by atoms with Crippen LogP contribution in [0.3, 0.4) is 0 Å². The zero-order valence-corrected chi connectivity index (χ0v) is 30.4. The largest absolute Gasteiger partial charge is 0.340 e. The van der Waals surface area contributed by atoms with Gasteiger partial charge in [0.2, 0.25) is 5.91 Å². The summed E-state index contributed by atoms with van der Waals surface area (Å²) in [6.07, 6.45) is 3.62. The second-order valence-electron chi connectivity index (χ2n) is 13.9. The number of hydrogen-bond donors (Lipinski definition) is 2. The van der Waals surface area contributed by atoms with E-state index in [9.17, 15) is 18.0 Å². The lowest BCUT2D eigenvalue weighted by molar-refractivity contribution is -0.137. The highest BCUT2D eigenvalue weighted by molar-refractivity contribution is 7.91. The van der Waals surface area contributed by atoms with Crippen molar-refractivity contribution in [2.45, 2.75) is 31.5 Å². The van der Waals surface area contributed by atoms with Crippen LogP contribution in [0, 0.1) is 0 Å². The molecule has 2 fully saturated rings. The molecular weight excluding hydrogens is 673 g/mol. The standard InChI is InChI=1S/C41H44N6O4S/c1-45(2)38(31-8-4-3-5-9-31)41(49)47-21-7-12-37(47)39-42-27-36(44-39)34-11-6-10-33(26-34)30-15-17-32(18-16-30)40(48)43-35-19-13-29(14-20-35)28-46-22-24-52(50,51)25-23-46/h3-6,8-11,13-20,26-27,37-38H,7,12,21-25,28H2,1-2H3,(H,42,44)(H,43,48). The number of sulfone groups is 1. The highest BCUT2D eigenvalue weighted by Gasteiger charge is 2.37. The van der Waals surface area contributed by atoms with Gasteiger partial charge < -0.3 is 15.2 Å². The molecule has 1 aromatic heterocycles. The van der Waals surface area contributed by atoms with Crippen LogP contribution in [0.25, 0.3) is 22.4 Å². The van der Waals surface area contributed by atoms with Crippen molar-refractivity contribution in [2.24, 2.45) is 0 Å². The number of aromatic amines is 1. The number of aromatic nitrogens is 2. The molecule has 10 nitrogen and oxygen atoms in total. The van der Waals surface area contributed by atoms with Crippen LogP contribution in [0.1, 0.15) is 52.2 Å². The molecule has 2 atom stereocenters. The van der Waals surface area contributed by atoms with Crippen molar-refractivity contribution in [3.63, 3.8) is 0 Å². The topological polar surface area (TPSA) is 119 Å². The number of carbonyl (C=O) groups is 2. The summed E-state index contributed by atoms with van der Waals surface area (Å²) in [7, 11) is 0.980. The first-order valence-corrected chi connectivity index (χ1v) is 19.6. The van der Waals surface area contributed by atoms with Crippen molar-refractivity contribution in [1.29, 1.82) is 0 Å². The second-order valence-corrected chi connectivity index (χ2v) is 16.2. The SMILES string of the molecule is CN(C)C(C(=O)N1CCCC1c1ncc(-c2cccc(-c3ccc(C(=O)Nc4ccc(CN5CCS(=O)(=O)CC5)cc4)cc3)c2)[nH]1)c1ccccc1. The minimum atomic E-state index is -2.91. The van der Waals surface area contributed by atoms with Gasteiger partial charge in [-0.05, 0) is 79.5 Å². The van der Waals surface area contributed by atoms with E-state index in [4.69, 9.17) is 4.98 Å². The molecule has 0 aliphatic carbocycles. The highest BCUT2D eigenvalue weighted by atomic mass is 32.2. The first-order chi connectivity index (χ1) is 25.1. The Morgan fingerprint density at radius 1 is 0.865 bits per heavy atom. The molecule has 0 spiro atoms. The third kappa shape index (κ3) is 8.02. The summed E-state index contributed by atoms with van der Waals surface area (Å²) in [4.78, 5) is 41.3. The Hall–Kier alpha value is -5.10. The summed E-state index contributed by atoms with van der Waals surface area (Å²) in [5.74, 6) is 1.09. The van der Waals surface area contributed by atoms with E-state index in [1.165, 1.54) is 0 Å². The van der Waals surface area contributed by atoms with Crippen molar-refractivity contribution >= 4 is 27.3 Å². The summed E-state index contributed by atoms with van der Waals surface area (Å²) in [6, 6.07) is 32.9. The molecule has 2 N–H and O–H groups in total. The second kappa shape index (κ2) is 15.2. The fourth-order valence-electron chi connectivity index (χ4n) is 7.17. The van der Waals surface area contributed by atoms with Gasteiger partial charge >= 0.3 is 0 Å². The number of carbonyl (C=O) groups excluding carboxylic acids is 2. The van der Waals surface area contributed by atoms with Crippen LogP contribution < -0.4 is 5.32 Å². The molecule has 2 aliphatic rings. The van der Waals surface area contributed by atoms with Gasteiger partial charge in [-0.25, -0.2) is 13.4 Å². The monoisotopic (exact) mass is 716 g/mol. The van der Waals surface area contributed by atoms with E-state index in [-0.39, 0.29) is 35.4 Å². The number of likely N-dealkylation sites (N-methyl/N-ethyl adjacent to an activating group) is 1. The number of rotatable bonds is 10. The minimum Gasteiger partial charge on any atom is -0.340 e. The van der Waals surface area contributed by atoms with Gasteiger partial charge in [0.1, 0.15) is 11.9 Å². The maximum atomic E-state index is 13.9. The fraction of sp³-hybridized carbons (Fsp3) is 0.293. The average Bonchev–Trinajstić information content (AvgIpc) is 3.85. The van der Waals surface area contributed by atoms with Crippen molar-refractivity contribution < 1.29 is 18.0 Å². The average molecular weight is 717 g/mol. The van der Waals surface area contributed by atoms with E-state index >= 15 is 0 Å². The molecule has 7 rings (SSSR count). The molecule has 52 heavy (non-hydrogen) atoms. The third-order valence-electron chi connectivity index (χ3n) is 10.0. The first-order valence-electron chi connectivity index (χ1n) is 17.7. The third-order valence-corrected chi connectivity index (χ3v) is 11.6. The molecule has 4 aromatic carbocycles. The zero-order valence-electron chi connectivity index (χ0n) is 29.5. The Labute approximate surface area is 305 Å². The van der Waals surface area contributed by atoms with Gasteiger partial charge in [0.15, 0.2) is 9.84 Å². The number of benzene rings is 4. The number of likely N-dealkylation sites (tertiary alicyclic amines) is 1. The Bertz CT molecular complexity index is 2120. The van der Waals surface area contributed by atoms with E-state index in [0.717, 1.165) is 52.2 Å². The van der Waals surface area contributed by atoms with Gasteiger partial charge in [0, 0.05) is 43.0 Å². The number of hydrogen-bond acceptors (Lipinski definition) is 7. The summed E-state index contributed by atoms with van der Waals surface area (Å²) >= 11 is 0. The van der Waals surface area contributed by atoms with Gasteiger partial charge in [-0.3, -0.25) is 19.4 Å². The molecule has 0 radical (unpaired) electrons. The molecule has 5 aromatic rings. The number of nitrogens with zero attached hydrogens (tertiary/aromatic N) is 4. The number of amides is 2. The van der Waals surface area contributed by atoms with Crippen LogP contribution >= 0.6 is 0 Å². The molecule has 11 heteroatoms. The summed E-state index contributed by atoms with van der Waals surface area (Å²) in [5.41, 5.74) is 7.16. The van der Waals surface area contributed by atoms with Crippen molar-refractivity contribution in [3.05, 3.63) is 132 Å². The van der Waals surface area contributed by atoms with Gasteiger partial charge in [-0.1, -0.05) is 72.8 Å². The van der Waals surface area contributed by atoms with Gasteiger partial charge in [-0.2, -0.15) is 0 Å². The Morgan fingerprint density at radius 2 is 1.58 bits per heavy atom. The fourth-order valence-corrected chi connectivity index (χ4v) is 8.44. The minimum absolute atomic E-state index is 0.0829. The summed E-state index contributed by atoms with van der Waals surface area (Å²) in [5, 5.41) is 2.98. The molecule has 268 valence electrons. The Morgan fingerprint density at radius 3 is 2.29 bits per heavy atom. The predicted octanol–water partition coefficient (Wildman–Crippen LogP) is 6.19. The summed E-state index contributed by atoms with van der Waals surface area (Å²) < 4.78 is 23.4. The molecule has 2 saturated heterocycles. The van der Waals surface area contributed by atoms with E-state index in [1.54, 1.807) is 0 Å². The van der Waals surface area contributed by atoms with Crippen LogP contribution in [-0.2, 0) is 21.2 Å². The number of H-pyrrole nitrogens is 1. The molecule has 2 unspecified atom stereocenters. The Balaban J connectivity index is 0.988. The molecular formula is C41H44N6O4S. The van der Waals surface area contributed by atoms with Crippen LogP contribution in [0.15, 0.2) is 109 Å². The zero-order chi connectivity index (χ0) is 36.2. The van der Waals surface area contributed by atoms with Gasteiger partial charge in [0.05, 0.1) is 29.4 Å². The van der Waals surface area contributed by atoms with Gasteiger partial charge in [0.25, 0.3) is 5.91 Å². The molecule has 0 bridgehead atoms. The predicted molar refractivity (Wildman–Crippen MR) is 204 cm³/mol. The van der Waals surface area contributed by atoms with Crippen molar-refractivity contribution in [3.8, 4) is 22.4 Å². The molecule has 2 aliphatic heterocycles. The lowest BCUT2D eigenvalue weighted by Crippen LogP contribution is -2.40. The normalized spacial score (nSPS) is 18.0. The van der Waals surface area contributed by atoms with Crippen molar-refractivity contribution in [1.82, 2.24) is 24.7 Å². The van der Waals surface area contributed by atoms with Crippen LogP contribution in [0.5, 0.6) is 0 Å². The smallest absolute Gasteiger partial charge is 0.255 e. The van der Waals surface area contributed by atoms with Crippen LogP contribution in [-0.4, -0.2) is 90.1 Å². The quantitative estimate of drug-likeness (QED) is 0.177. The molecule has 3 heterocycles.